The van der Waals surface area contributed by atoms with Crippen LogP contribution in [-0.4, -0.2) is 53.5 Å². The van der Waals surface area contributed by atoms with Crippen molar-refractivity contribution in [2.45, 2.75) is 43.7 Å². The van der Waals surface area contributed by atoms with Gasteiger partial charge in [-0.1, -0.05) is 48.5 Å². The molecule has 2 aliphatic carbocycles. The predicted octanol–water partition coefficient (Wildman–Crippen LogP) is 2.65. The molecule has 0 aliphatic heterocycles. The maximum atomic E-state index is 12.5. The summed E-state index contributed by atoms with van der Waals surface area (Å²) < 4.78 is 5.59. The monoisotopic (exact) mass is 452 g/mol. The fraction of sp³-hybridized carbons (Fsp3) is 0.400. The smallest absolute Gasteiger partial charge is 0.407 e. The Kier molecular flexibility index (Phi) is 6.93. The van der Waals surface area contributed by atoms with Gasteiger partial charge in [0.1, 0.15) is 6.61 Å². The molecule has 2 aromatic carbocycles. The summed E-state index contributed by atoms with van der Waals surface area (Å²) in [6, 6.07) is 16.3. The van der Waals surface area contributed by atoms with Crippen molar-refractivity contribution >= 4 is 18.0 Å². The molecule has 4 rings (SSSR count). The standard InChI is InChI=1S/C25H28N2O6/c28-22(24(30)31)13-26-23(29)12-15-9-10-16(11-15)27-25(32)33-14-21-19-7-3-1-5-17(19)18-6-2-4-8-20(18)21/h1-8,15-16,21-22,28H,9-14H2,(H,26,29)(H,27,32)(H,30,31)/t15-,16+,22-/m0/s1. The second kappa shape index (κ2) is 10.0. The number of hydrogen-bond donors (Lipinski definition) is 4. The van der Waals surface area contributed by atoms with Crippen LogP contribution in [0.25, 0.3) is 11.1 Å². The van der Waals surface area contributed by atoms with Gasteiger partial charge in [0.2, 0.25) is 5.91 Å². The van der Waals surface area contributed by atoms with Crippen molar-refractivity contribution in [3.8, 4) is 11.1 Å². The Balaban J connectivity index is 1.24. The number of aliphatic hydroxyl groups is 1. The van der Waals surface area contributed by atoms with E-state index in [1.807, 2.05) is 24.3 Å². The van der Waals surface area contributed by atoms with Gasteiger partial charge in [0.15, 0.2) is 6.10 Å². The summed E-state index contributed by atoms with van der Waals surface area (Å²) in [6.07, 6.45) is 0.342. The highest BCUT2D eigenvalue weighted by molar-refractivity contribution is 5.79. The Morgan fingerprint density at radius 2 is 1.64 bits per heavy atom. The average Bonchev–Trinajstić information content (AvgIpc) is 3.37. The van der Waals surface area contributed by atoms with Crippen LogP contribution < -0.4 is 10.6 Å². The van der Waals surface area contributed by atoms with E-state index in [1.54, 1.807) is 0 Å². The highest BCUT2D eigenvalue weighted by atomic mass is 16.5. The summed E-state index contributed by atoms with van der Waals surface area (Å²) in [4.78, 5) is 35.0. The fourth-order valence-electron chi connectivity index (χ4n) is 4.83. The molecule has 4 N–H and O–H groups in total. The molecule has 1 fully saturated rings. The maximum Gasteiger partial charge on any atom is 0.407 e. The molecule has 0 bridgehead atoms. The van der Waals surface area contributed by atoms with Gasteiger partial charge in [0.05, 0.1) is 6.54 Å². The number of rotatable bonds is 8. The van der Waals surface area contributed by atoms with E-state index in [2.05, 4.69) is 34.9 Å². The first-order valence-electron chi connectivity index (χ1n) is 11.2. The molecule has 33 heavy (non-hydrogen) atoms. The first-order valence-corrected chi connectivity index (χ1v) is 11.2. The number of hydrogen-bond acceptors (Lipinski definition) is 5. The van der Waals surface area contributed by atoms with Crippen LogP contribution in [-0.2, 0) is 14.3 Å². The largest absolute Gasteiger partial charge is 0.479 e. The Hall–Kier alpha value is -3.39. The molecule has 174 valence electrons. The maximum absolute atomic E-state index is 12.5. The first-order chi connectivity index (χ1) is 15.9. The highest BCUT2D eigenvalue weighted by Crippen LogP contribution is 2.44. The van der Waals surface area contributed by atoms with Crippen molar-refractivity contribution < 1.29 is 29.3 Å². The Morgan fingerprint density at radius 1 is 1.00 bits per heavy atom. The van der Waals surface area contributed by atoms with Crippen LogP contribution in [0.15, 0.2) is 48.5 Å². The fourth-order valence-corrected chi connectivity index (χ4v) is 4.83. The normalized spacial score (nSPS) is 19.9. The number of fused-ring (bicyclic) bond motifs is 3. The van der Waals surface area contributed by atoms with Crippen LogP contribution in [0.2, 0.25) is 0 Å². The van der Waals surface area contributed by atoms with E-state index in [1.165, 1.54) is 11.1 Å². The van der Waals surface area contributed by atoms with E-state index in [4.69, 9.17) is 9.84 Å². The molecule has 2 aromatic rings. The SMILES string of the molecule is O=C(C[C@H]1CC[C@@H](NC(=O)OCC2c3ccccc3-c3ccccc32)C1)NC[C@H](O)C(=O)O. The van der Waals surface area contributed by atoms with E-state index in [0.29, 0.717) is 6.42 Å². The number of carboxylic acid groups (broad SMARTS) is 1. The van der Waals surface area contributed by atoms with Crippen LogP contribution >= 0.6 is 0 Å². The minimum absolute atomic E-state index is 0.00401. The topological polar surface area (TPSA) is 125 Å². The second-order valence-corrected chi connectivity index (χ2v) is 8.71. The number of aliphatic carboxylic acids is 1. The molecular weight excluding hydrogens is 424 g/mol. The molecule has 8 heteroatoms. The molecule has 0 aromatic heterocycles. The summed E-state index contributed by atoms with van der Waals surface area (Å²) in [5.41, 5.74) is 4.67. The molecule has 1 saturated carbocycles. The lowest BCUT2D eigenvalue weighted by atomic mass is 9.98. The van der Waals surface area contributed by atoms with Gasteiger partial charge >= 0.3 is 12.1 Å². The van der Waals surface area contributed by atoms with Crippen LogP contribution in [0.3, 0.4) is 0 Å². The van der Waals surface area contributed by atoms with Gasteiger partial charge in [-0.2, -0.15) is 0 Å². The number of carbonyl (C=O) groups excluding carboxylic acids is 2. The zero-order valence-electron chi connectivity index (χ0n) is 18.2. The number of aliphatic hydroxyl groups excluding tert-OH is 1. The van der Waals surface area contributed by atoms with Crippen LogP contribution in [0.1, 0.15) is 42.7 Å². The number of carbonyl (C=O) groups is 3. The van der Waals surface area contributed by atoms with Gasteiger partial charge in [-0.05, 0) is 47.4 Å². The number of benzene rings is 2. The van der Waals surface area contributed by atoms with Gasteiger partial charge in [0, 0.05) is 18.4 Å². The molecule has 0 saturated heterocycles. The minimum atomic E-state index is -1.61. The zero-order chi connectivity index (χ0) is 23.4. The van der Waals surface area contributed by atoms with Crippen LogP contribution in [0.4, 0.5) is 4.79 Å². The van der Waals surface area contributed by atoms with E-state index < -0.39 is 18.2 Å². The summed E-state index contributed by atoms with van der Waals surface area (Å²) in [7, 11) is 0. The molecule has 0 spiro atoms. The number of alkyl carbamates (subject to hydrolysis) is 1. The molecule has 8 nitrogen and oxygen atoms in total. The number of amides is 2. The molecule has 0 unspecified atom stereocenters. The number of nitrogens with one attached hydrogen (secondary N) is 2. The van der Waals surface area contributed by atoms with Gasteiger partial charge < -0.3 is 25.6 Å². The van der Waals surface area contributed by atoms with Gasteiger partial charge in [-0.15, -0.1) is 0 Å². The molecule has 2 aliphatic rings. The predicted molar refractivity (Wildman–Crippen MR) is 121 cm³/mol. The third-order valence-corrected chi connectivity index (χ3v) is 6.46. The van der Waals surface area contributed by atoms with E-state index >= 15 is 0 Å². The lowest BCUT2D eigenvalue weighted by Gasteiger charge is -2.17. The quantitative estimate of drug-likeness (QED) is 0.488. The Bertz CT molecular complexity index is 994. The van der Waals surface area contributed by atoms with Gasteiger partial charge in [-0.25, -0.2) is 9.59 Å². The van der Waals surface area contributed by atoms with Crippen molar-refractivity contribution in [2.24, 2.45) is 5.92 Å². The minimum Gasteiger partial charge on any atom is -0.479 e. The first kappa shape index (κ1) is 22.8. The Morgan fingerprint density at radius 3 is 2.27 bits per heavy atom. The van der Waals surface area contributed by atoms with Gasteiger partial charge in [0.25, 0.3) is 0 Å². The summed E-state index contributed by atoms with van der Waals surface area (Å²) in [5, 5.41) is 23.2. The van der Waals surface area contributed by atoms with Crippen molar-refractivity contribution in [1.29, 1.82) is 0 Å². The third-order valence-electron chi connectivity index (χ3n) is 6.46. The van der Waals surface area contributed by atoms with Crippen LogP contribution in [0, 0.1) is 5.92 Å². The molecule has 0 heterocycles. The number of ether oxygens (including phenoxy) is 1. The summed E-state index contributed by atoms with van der Waals surface area (Å²) in [5.74, 6) is -1.58. The summed E-state index contributed by atoms with van der Waals surface area (Å²) in [6.45, 7) is -0.0629. The molecule has 0 radical (unpaired) electrons. The lowest BCUT2D eigenvalue weighted by molar-refractivity contribution is -0.146. The van der Waals surface area contributed by atoms with E-state index in [0.717, 1.165) is 24.0 Å². The van der Waals surface area contributed by atoms with Crippen molar-refractivity contribution in [1.82, 2.24) is 10.6 Å². The van der Waals surface area contributed by atoms with E-state index in [9.17, 15) is 19.5 Å². The second-order valence-electron chi connectivity index (χ2n) is 8.71. The van der Waals surface area contributed by atoms with Crippen LogP contribution in [0.5, 0.6) is 0 Å². The molecular formula is C25H28N2O6. The number of carboxylic acids is 1. The van der Waals surface area contributed by atoms with Gasteiger partial charge in [-0.3, -0.25) is 4.79 Å². The lowest BCUT2D eigenvalue weighted by Crippen LogP contribution is -2.37. The molecule has 2 amide bonds. The van der Waals surface area contributed by atoms with E-state index in [-0.39, 0.29) is 43.4 Å². The highest BCUT2D eigenvalue weighted by Gasteiger charge is 2.31. The van der Waals surface area contributed by atoms with Crippen molar-refractivity contribution in [3.05, 3.63) is 59.7 Å². The third kappa shape index (κ3) is 5.34. The van der Waals surface area contributed by atoms with Crippen molar-refractivity contribution in [2.75, 3.05) is 13.2 Å². The zero-order valence-corrected chi connectivity index (χ0v) is 18.2. The summed E-state index contributed by atoms with van der Waals surface area (Å²) >= 11 is 0. The molecule has 3 atom stereocenters. The average molecular weight is 453 g/mol. The Labute approximate surface area is 192 Å². The van der Waals surface area contributed by atoms with Crippen molar-refractivity contribution in [3.63, 3.8) is 0 Å².